The molecule has 27 heavy (non-hydrogen) atoms. The average molecular weight is 497 g/mol. The Morgan fingerprint density at radius 2 is 0.741 bits per heavy atom. The number of hydrogen-bond acceptors (Lipinski definition) is 3. The van der Waals surface area contributed by atoms with E-state index in [2.05, 4.69) is 27.7 Å². The molecule has 0 bridgehead atoms. The zero-order chi connectivity index (χ0) is 21.9. The summed E-state index contributed by atoms with van der Waals surface area (Å²) in [5, 5.41) is 24.4. The zero-order valence-corrected chi connectivity index (χ0v) is 21.1. The molecule has 0 rings (SSSR count). The van der Waals surface area contributed by atoms with E-state index in [9.17, 15) is 14.4 Å². The quantitative estimate of drug-likeness (QED) is 0.250. The molecule has 0 atom stereocenters. The van der Waals surface area contributed by atoms with Gasteiger partial charge >= 0.3 is 51.8 Å². The van der Waals surface area contributed by atoms with E-state index in [-0.39, 0.29) is 0 Å². The van der Waals surface area contributed by atoms with Gasteiger partial charge in [0.05, 0.1) is 0 Å². The van der Waals surface area contributed by atoms with Gasteiger partial charge in [-0.3, -0.25) is 14.4 Å². The third-order valence-corrected chi connectivity index (χ3v) is 2.98. The van der Waals surface area contributed by atoms with E-state index in [1.165, 1.54) is 27.0 Å². The number of carbonyl (C=O) groups is 3. The SMILES string of the molecule is CCCCCC(=O)O.CCCCCC(=O)O.CCCCCC(=O)O.C[CH2][SnH]. The van der Waals surface area contributed by atoms with Crippen LogP contribution in [-0.4, -0.2) is 55.8 Å². The van der Waals surface area contributed by atoms with E-state index < -0.39 is 17.9 Å². The second-order valence-electron chi connectivity index (χ2n) is 5.96. The molecule has 0 unspecified atom stereocenters. The fraction of sp³-hybridized carbons (Fsp3) is 0.850. The Kier molecular flexibility index (Phi) is 41.1. The van der Waals surface area contributed by atoms with E-state index in [0.717, 1.165) is 57.8 Å². The number of hydrogen-bond donors (Lipinski definition) is 3. The maximum absolute atomic E-state index is 9.87. The number of unbranched alkanes of at least 4 members (excludes halogenated alkanes) is 6. The molecule has 7 heteroatoms. The monoisotopic (exact) mass is 498 g/mol. The van der Waals surface area contributed by atoms with Gasteiger partial charge in [0.15, 0.2) is 0 Å². The van der Waals surface area contributed by atoms with Gasteiger partial charge in [0.25, 0.3) is 0 Å². The molecule has 2 radical (unpaired) electrons. The van der Waals surface area contributed by atoms with Gasteiger partial charge in [-0.25, -0.2) is 0 Å². The van der Waals surface area contributed by atoms with Crippen LogP contribution >= 0.6 is 0 Å². The van der Waals surface area contributed by atoms with Crippen LogP contribution in [0.1, 0.15) is 105 Å². The van der Waals surface area contributed by atoms with Crippen molar-refractivity contribution in [3.63, 3.8) is 0 Å². The van der Waals surface area contributed by atoms with Gasteiger partial charge in [0.2, 0.25) is 0 Å². The average Bonchev–Trinajstić information content (AvgIpc) is 2.57. The Morgan fingerprint density at radius 3 is 0.852 bits per heavy atom. The molecule has 6 nitrogen and oxygen atoms in total. The van der Waals surface area contributed by atoms with Crippen molar-refractivity contribution < 1.29 is 29.7 Å². The number of carboxylic acids is 3. The van der Waals surface area contributed by atoms with Gasteiger partial charge in [-0.2, -0.15) is 0 Å². The van der Waals surface area contributed by atoms with Crippen LogP contribution in [-0.2, 0) is 14.4 Å². The minimum absolute atomic E-state index is 0.327. The maximum atomic E-state index is 9.87. The molecule has 0 saturated carbocycles. The Bertz CT molecular complexity index is 274. The van der Waals surface area contributed by atoms with Crippen molar-refractivity contribution >= 4 is 40.4 Å². The van der Waals surface area contributed by atoms with Crippen LogP contribution in [0, 0.1) is 0 Å². The normalized spacial score (nSPS) is 8.78. The molecule has 0 aromatic rings. The summed E-state index contributed by atoms with van der Waals surface area (Å²) in [5.74, 6) is -2.05. The van der Waals surface area contributed by atoms with Crippen molar-refractivity contribution in [1.82, 2.24) is 0 Å². The van der Waals surface area contributed by atoms with Gasteiger partial charge in [-0.15, -0.1) is 0 Å². The summed E-state index contributed by atoms with van der Waals surface area (Å²) in [6.45, 7) is 8.35. The van der Waals surface area contributed by atoms with E-state index in [1.807, 2.05) is 0 Å². The Hall–Kier alpha value is -0.791. The summed E-state index contributed by atoms with van der Waals surface area (Å²) >= 11 is 1.42. The molecule has 0 aromatic heterocycles. The predicted molar refractivity (Wildman–Crippen MR) is 113 cm³/mol. The number of rotatable bonds is 12. The molecule has 0 aromatic carbocycles. The molecule has 0 spiro atoms. The van der Waals surface area contributed by atoms with Gasteiger partial charge in [0.1, 0.15) is 0 Å². The molecule has 0 fully saturated rings. The standard InChI is InChI=1S/3C6H12O2.C2H5.Sn.H/c3*1-2-3-4-5-6(7)8;1-2;;/h3*2-5H2,1H3,(H,7,8);1H2,2H3;;. The summed E-state index contributed by atoms with van der Waals surface area (Å²) in [6.07, 6.45) is 9.83. The third kappa shape index (κ3) is 67.3. The van der Waals surface area contributed by atoms with Gasteiger partial charge in [0, 0.05) is 19.3 Å². The molecule has 162 valence electrons. The van der Waals surface area contributed by atoms with Crippen molar-refractivity contribution in [3.05, 3.63) is 0 Å². The van der Waals surface area contributed by atoms with Gasteiger partial charge < -0.3 is 15.3 Å². The molecular formula is C20H42O6Sn. The van der Waals surface area contributed by atoms with Crippen LogP contribution in [0.2, 0.25) is 4.44 Å². The first kappa shape index (κ1) is 33.8. The van der Waals surface area contributed by atoms with E-state index in [4.69, 9.17) is 15.3 Å². The van der Waals surface area contributed by atoms with Crippen LogP contribution in [0.25, 0.3) is 0 Å². The van der Waals surface area contributed by atoms with E-state index in [0.29, 0.717) is 19.3 Å². The molecule has 3 N–H and O–H groups in total. The fourth-order valence-electron chi connectivity index (χ4n) is 1.58. The Balaban J connectivity index is -0.000000137. The topological polar surface area (TPSA) is 112 Å². The van der Waals surface area contributed by atoms with Crippen LogP contribution in [0.3, 0.4) is 0 Å². The third-order valence-electron chi connectivity index (χ3n) is 2.98. The van der Waals surface area contributed by atoms with Crippen LogP contribution in [0.15, 0.2) is 0 Å². The molecule has 0 aliphatic rings. The van der Waals surface area contributed by atoms with Crippen molar-refractivity contribution in [2.45, 2.75) is 109 Å². The van der Waals surface area contributed by atoms with Crippen LogP contribution < -0.4 is 0 Å². The zero-order valence-electron chi connectivity index (χ0n) is 17.8. The first-order valence-electron chi connectivity index (χ1n) is 10.1. The Labute approximate surface area is 179 Å². The molecule has 0 heterocycles. The van der Waals surface area contributed by atoms with Crippen molar-refractivity contribution in [2.24, 2.45) is 0 Å². The van der Waals surface area contributed by atoms with Crippen LogP contribution in [0.5, 0.6) is 0 Å². The van der Waals surface area contributed by atoms with Gasteiger partial charge in [-0.05, 0) is 19.3 Å². The van der Waals surface area contributed by atoms with E-state index >= 15 is 0 Å². The van der Waals surface area contributed by atoms with Crippen molar-refractivity contribution in [3.8, 4) is 0 Å². The summed E-state index contributed by atoms with van der Waals surface area (Å²) in [5.41, 5.74) is 0. The molecule has 0 aliphatic heterocycles. The first-order valence-corrected chi connectivity index (χ1v) is 12.4. The predicted octanol–water partition coefficient (Wildman–Crippen LogP) is 5.28. The fourth-order valence-corrected chi connectivity index (χ4v) is 1.58. The summed E-state index contributed by atoms with van der Waals surface area (Å²) in [7, 11) is 0. The number of aliphatic carboxylic acids is 3. The van der Waals surface area contributed by atoms with E-state index in [1.54, 1.807) is 0 Å². The van der Waals surface area contributed by atoms with Crippen molar-refractivity contribution in [2.75, 3.05) is 0 Å². The van der Waals surface area contributed by atoms with Crippen LogP contribution in [0.4, 0.5) is 0 Å². The minimum atomic E-state index is -0.682. The summed E-state index contributed by atoms with van der Waals surface area (Å²) < 4.78 is 1.38. The molecule has 0 amide bonds. The second-order valence-corrected chi connectivity index (χ2v) is 8.29. The molecular weight excluding hydrogens is 455 g/mol. The first-order chi connectivity index (χ1) is 12.7. The Morgan fingerprint density at radius 1 is 0.556 bits per heavy atom. The number of carboxylic acid groups (broad SMARTS) is 3. The van der Waals surface area contributed by atoms with Crippen molar-refractivity contribution in [1.29, 1.82) is 0 Å². The molecule has 0 saturated heterocycles. The summed E-state index contributed by atoms with van der Waals surface area (Å²) in [6, 6.07) is 0. The molecule has 0 aliphatic carbocycles. The van der Waals surface area contributed by atoms with Gasteiger partial charge in [-0.1, -0.05) is 59.3 Å². The summed E-state index contributed by atoms with van der Waals surface area (Å²) in [4.78, 5) is 29.6. The second kappa shape index (κ2) is 32.8.